The molecule has 5 nitrogen and oxygen atoms in total. The van der Waals surface area contributed by atoms with Crippen LogP contribution in [0, 0.1) is 0 Å². The van der Waals surface area contributed by atoms with E-state index in [1.54, 1.807) is 19.4 Å². The van der Waals surface area contributed by atoms with E-state index in [0.29, 0.717) is 18.7 Å². The van der Waals surface area contributed by atoms with Gasteiger partial charge in [0, 0.05) is 18.8 Å². The fourth-order valence-electron chi connectivity index (χ4n) is 3.60. The smallest absolute Gasteiger partial charge is 0.269 e. The van der Waals surface area contributed by atoms with Crippen LogP contribution in [0.15, 0.2) is 66.9 Å². The Balaban J connectivity index is 1.37. The van der Waals surface area contributed by atoms with Gasteiger partial charge in [-0.05, 0) is 48.2 Å². The predicted molar refractivity (Wildman–Crippen MR) is 110 cm³/mol. The van der Waals surface area contributed by atoms with Crippen LogP contribution in [0.25, 0.3) is 0 Å². The van der Waals surface area contributed by atoms with Crippen LogP contribution in [-0.2, 0) is 12.8 Å². The molecule has 0 spiro atoms. The second kappa shape index (κ2) is 8.13. The van der Waals surface area contributed by atoms with Crippen molar-refractivity contribution in [3.05, 3.63) is 83.7 Å². The molecule has 1 N–H and O–H groups in total. The number of ether oxygens (including phenoxy) is 1. The molecule has 1 aliphatic heterocycles. The molecule has 0 saturated carbocycles. The number of methoxy groups -OCH3 is 1. The highest BCUT2D eigenvalue weighted by molar-refractivity contribution is 5.92. The lowest BCUT2D eigenvalue weighted by Gasteiger charge is -2.19. The molecule has 3 aromatic rings. The highest BCUT2D eigenvalue weighted by Crippen LogP contribution is 2.33. The molecular weight excluding hydrogens is 350 g/mol. The largest absolute Gasteiger partial charge is 0.496 e. The van der Waals surface area contributed by atoms with Crippen molar-refractivity contribution >= 4 is 17.3 Å². The van der Waals surface area contributed by atoms with Crippen molar-refractivity contribution < 1.29 is 9.53 Å². The molecule has 0 atom stereocenters. The van der Waals surface area contributed by atoms with Gasteiger partial charge >= 0.3 is 0 Å². The number of hydrogen-bond acceptors (Lipinski definition) is 4. The third-order valence-corrected chi connectivity index (χ3v) is 5.05. The van der Waals surface area contributed by atoms with Gasteiger partial charge in [-0.25, -0.2) is 4.98 Å². The number of para-hydroxylation sites is 2. The molecule has 1 amide bonds. The monoisotopic (exact) mass is 373 g/mol. The number of hydrogen-bond donors (Lipinski definition) is 1. The topological polar surface area (TPSA) is 54.5 Å². The first-order chi connectivity index (χ1) is 13.8. The lowest BCUT2D eigenvalue weighted by atomic mass is 10.1. The van der Waals surface area contributed by atoms with Gasteiger partial charge in [0.2, 0.25) is 0 Å². The van der Waals surface area contributed by atoms with E-state index in [2.05, 4.69) is 33.4 Å². The highest BCUT2D eigenvalue weighted by atomic mass is 16.5. The van der Waals surface area contributed by atoms with Crippen molar-refractivity contribution in [3.63, 3.8) is 0 Å². The summed E-state index contributed by atoms with van der Waals surface area (Å²) < 4.78 is 5.34. The standard InChI is InChI=1S/C23H23N3O2/c1-28-22-9-5-3-7-18(22)12-14-24-23(27)20-11-10-19(16-25-20)26-15-13-17-6-2-4-8-21(17)26/h2-11,16H,12-15H2,1H3,(H,24,27). The quantitative estimate of drug-likeness (QED) is 0.715. The Morgan fingerprint density at radius 1 is 1.11 bits per heavy atom. The Morgan fingerprint density at radius 2 is 1.93 bits per heavy atom. The van der Waals surface area contributed by atoms with Crippen molar-refractivity contribution in [1.29, 1.82) is 0 Å². The molecule has 0 bridgehead atoms. The van der Waals surface area contributed by atoms with E-state index in [0.717, 1.165) is 30.0 Å². The average molecular weight is 373 g/mol. The summed E-state index contributed by atoms with van der Waals surface area (Å²) in [5.74, 6) is 0.674. The van der Waals surface area contributed by atoms with E-state index in [4.69, 9.17) is 4.74 Å². The van der Waals surface area contributed by atoms with Gasteiger partial charge in [-0.1, -0.05) is 36.4 Å². The zero-order chi connectivity index (χ0) is 19.3. The number of amides is 1. The zero-order valence-corrected chi connectivity index (χ0v) is 15.9. The summed E-state index contributed by atoms with van der Waals surface area (Å²) >= 11 is 0. The molecule has 1 aliphatic rings. The van der Waals surface area contributed by atoms with E-state index in [1.165, 1.54) is 11.3 Å². The maximum Gasteiger partial charge on any atom is 0.269 e. The van der Waals surface area contributed by atoms with Crippen molar-refractivity contribution in [2.45, 2.75) is 12.8 Å². The van der Waals surface area contributed by atoms with Crippen LogP contribution in [0.1, 0.15) is 21.6 Å². The number of carbonyl (C=O) groups excluding carboxylic acids is 1. The first-order valence-corrected chi connectivity index (χ1v) is 9.48. The Morgan fingerprint density at radius 3 is 2.75 bits per heavy atom. The van der Waals surface area contributed by atoms with Gasteiger partial charge in [0.25, 0.3) is 5.91 Å². The number of nitrogens with one attached hydrogen (secondary N) is 1. The zero-order valence-electron chi connectivity index (χ0n) is 15.9. The minimum Gasteiger partial charge on any atom is -0.496 e. The highest BCUT2D eigenvalue weighted by Gasteiger charge is 2.20. The number of aromatic nitrogens is 1. The molecule has 0 fully saturated rings. The fourth-order valence-corrected chi connectivity index (χ4v) is 3.60. The Labute approximate surface area is 165 Å². The summed E-state index contributed by atoms with van der Waals surface area (Å²) in [5.41, 5.74) is 5.08. The van der Waals surface area contributed by atoms with Gasteiger partial charge in [0.05, 0.1) is 19.0 Å². The fraction of sp³-hybridized carbons (Fsp3) is 0.217. The molecule has 0 unspecified atom stereocenters. The first kappa shape index (κ1) is 18.0. The molecule has 4 rings (SSSR count). The second-order valence-electron chi connectivity index (χ2n) is 6.75. The van der Waals surface area contributed by atoms with Crippen molar-refractivity contribution in [2.24, 2.45) is 0 Å². The van der Waals surface area contributed by atoms with Gasteiger partial charge in [-0.15, -0.1) is 0 Å². The van der Waals surface area contributed by atoms with Crippen LogP contribution in [0.2, 0.25) is 0 Å². The third kappa shape index (κ3) is 3.69. The molecule has 0 radical (unpaired) electrons. The lowest BCUT2D eigenvalue weighted by Crippen LogP contribution is -2.26. The maximum absolute atomic E-state index is 12.4. The molecule has 1 aromatic heterocycles. The van der Waals surface area contributed by atoms with Crippen LogP contribution >= 0.6 is 0 Å². The molecule has 28 heavy (non-hydrogen) atoms. The lowest BCUT2D eigenvalue weighted by molar-refractivity contribution is 0.0949. The second-order valence-corrected chi connectivity index (χ2v) is 6.75. The molecule has 0 aliphatic carbocycles. The van der Waals surface area contributed by atoms with Crippen LogP contribution in [-0.4, -0.2) is 31.1 Å². The average Bonchev–Trinajstić information content (AvgIpc) is 3.18. The van der Waals surface area contributed by atoms with Crippen LogP contribution in [0.3, 0.4) is 0 Å². The van der Waals surface area contributed by atoms with E-state index >= 15 is 0 Å². The number of anilines is 2. The molecule has 2 aromatic carbocycles. The third-order valence-electron chi connectivity index (χ3n) is 5.05. The first-order valence-electron chi connectivity index (χ1n) is 9.48. The van der Waals surface area contributed by atoms with E-state index in [9.17, 15) is 4.79 Å². The molecule has 2 heterocycles. The summed E-state index contributed by atoms with van der Waals surface area (Å²) in [4.78, 5) is 19.0. The van der Waals surface area contributed by atoms with E-state index in [1.807, 2.05) is 36.4 Å². The van der Waals surface area contributed by atoms with Gasteiger partial charge in [-0.3, -0.25) is 4.79 Å². The SMILES string of the molecule is COc1ccccc1CCNC(=O)c1ccc(N2CCc3ccccc32)cn1. The number of carbonyl (C=O) groups is 1. The number of benzene rings is 2. The van der Waals surface area contributed by atoms with Crippen LogP contribution in [0.4, 0.5) is 11.4 Å². The van der Waals surface area contributed by atoms with Crippen molar-refractivity contribution in [3.8, 4) is 5.75 Å². The van der Waals surface area contributed by atoms with Gasteiger partial charge in [0.1, 0.15) is 11.4 Å². The van der Waals surface area contributed by atoms with Crippen molar-refractivity contribution in [1.82, 2.24) is 10.3 Å². The normalized spacial score (nSPS) is 12.5. The van der Waals surface area contributed by atoms with Gasteiger partial charge in [-0.2, -0.15) is 0 Å². The molecular formula is C23H23N3O2. The molecule has 0 saturated heterocycles. The maximum atomic E-state index is 12.4. The minimum absolute atomic E-state index is 0.164. The van der Waals surface area contributed by atoms with Crippen LogP contribution < -0.4 is 15.0 Å². The van der Waals surface area contributed by atoms with E-state index in [-0.39, 0.29) is 5.91 Å². The summed E-state index contributed by atoms with van der Waals surface area (Å²) in [7, 11) is 1.65. The summed E-state index contributed by atoms with van der Waals surface area (Å²) in [6.45, 7) is 1.47. The Bertz CT molecular complexity index is 970. The molecule has 142 valence electrons. The summed E-state index contributed by atoms with van der Waals surface area (Å²) in [6.07, 6.45) is 3.51. The summed E-state index contributed by atoms with van der Waals surface area (Å²) in [5, 5.41) is 2.93. The van der Waals surface area contributed by atoms with Gasteiger partial charge < -0.3 is 15.0 Å². The molecule has 5 heteroatoms. The minimum atomic E-state index is -0.164. The summed E-state index contributed by atoms with van der Waals surface area (Å²) in [6, 6.07) is 20.0. The van der Waals surface area contributed by atoms with Crippen LogP contribution in [0.5, 0.6) is 5.75 Å². The van der Waals surface area contributed by atoms with Crippen molar-refractivity contribution in [2.75, 3.05) is 25.1 Å². The van der Waals surface area contributed by atoms with E-state index < -0.39 is 0 Å². The number of rotatable bonds is 6. The Hall–Kier alpha value is -3.34. The number of fused-ring (bicyclic) bond motifs is 1. The number of nitrogens with zero attached hydrogens (tertiary/aromatic N) is 2. The Kier molecular flexibility index (Phi) is 5.24. The predicted octanol–water partition coefficient (Wildman–Crippen LogP) is 3.76. The number of pyridine rings is 1. The van der Waals surface area contributed by atoms with Gasteiger partial charge in [0.15, 0.2) is 0 Å².